The quantitative estimate of drug-likeness (QED) is 0.862. The number of nitrogens with zero attached hydrogens (tertiary/aromatic N) is 3. The summed E-state index contributed by atoms with van der Waals surface area (Å²) in [4.78, 5) is 21.8. The molecule has 1 amide bonds. The van der Waals surface area contributed by atoms with Crippen LogP contribution in [0.3, 0.4) is 0 Å². The first kappa shape index (κ1) is 16.3. The van der Waals surface area contributed by atoms with Crippen LogP contribution in [0.2, 0.25) is 0 Å². The maximum atomic E-state index is 12.9. The summed E-state index contributed by atoms with van der Waals surface area (Å²) >= 11 is 0. The molecule has 0 unspecified atom stereocenters. The number of benzene rings is 1. The summed E-state index contributed by atoms with van der Waals surface area (Å²) in [5, 5.41) is 0. The second-order valence-electron chi connectivity index (χ2n) is 7.06. The molecule has 0 N–H and O–H groups in total. The van der Waals surface area contributed by atoms with Crippen molar-refractivity contribution in [1.82, 2.24) is 14.8 Å². The number of hydrogen-bond donors (Lipinski definition) is 0. The Bertz CT molecular complexity index is 710. The normalized spacial score (nSPS) is 19.3. The molecule has 2 heterocycles. The number of amides is 1. The van der Waals surface area contributed by atoms with Gasteiger partial charge in [0.25, 0.3) is 5.91 Å². The molecule has 0 radical (unpaired) electrons. The number of hydrogen-bond acceptors (Lipinski definition) is 3. The summed E-state index contributed by atoms with van der Waals surface area (Å²) in [6.45, 7) is 3.86. The summed E-state index contributed by atoms with van der Waals surface area (Å²) in [7, 11) is 0. The summed E-state index contributed by atoms with van der Waals surface area (Å²) < 4.78 is 0. The zero-order chi connectivity index (χ0) is 17.1. The smallest absolute Gasteiger partial charge is 0.253 e. The third kappa shape index (κ3) is 3.59. The maximum absolute atomic E-state index is 12.9. The van der Waals surface area contributed by atoms with E-state index in [0.29, 0.717) is 0 Å². The molecule has 4 heteroatoms. The molecule has 2 aromatic rings. The van der Waals surface area contributed by atoms with E-state index in [1.165, 1.54) is 19.3 Å². The highest BCUT2D eigenvalue weighted by molar-refractivity contribution is 5.94. The Morgan fingerprint density at radius 2 is 1.76 bits per heavy atom. The van der Waals surface area contributed by atoms with Crippen molar-refractivity contribution >= 4 is 5.91 Å². The van der Waals surface area contributed by atoms with Crippen molar-refractivity contribution in [3.63, 3.8) is 0 Å². The Morgan fingerprint density at radius 1 is 0.920 bits per heavy atom. The van der Waals surface area contributed by atoms with E-state index in [9.17, 15) is 4.79 Å². The fraction of sp³-hybridized carbons (Fsp3) is 0.429. The maximum Gasteiger partial charge on any atom is 0.253 e. The largest absolute Gasteiger partial charge is 0.337 e. The molecule has 25 heavy (non-hydrogen) atoms. The summed E-state index contributed by atoms with van der Waals surface area (Å²) in [5.41, 5.74) is 2.76. The van der Waals surface area contributed by atoms with Crippen LogP contribution in [0.5, 0.6) is 0 Å². The molecule has 1 saturated carbocycles. The predicted molar refractivity (Wildman–Crippen MR) is 99.4 cm³/mol. The van der Waals surface area contributed by atoms with Gasteiger partial charge in [0.2, 0.25) is 0 Å². The van der Waals surface area contributed by atoms with E-state index in [4.69, 9.17) is 0 Å². The topological polar surface area (TPSA) is 36.4 Å². The van der Waals surface area contributed by atoms with Crippen molar-refractivity contribution in [1.29, 1.82) is 0 Å². The van der Waals surface area contributed by atoms with E-state index < -0.39 is 0 Å². The van der Waals surface area contributed by atoms with Gasteiger partial charge >= 0.3 is 0 Å². The van der Waals surface area contributed by atoms with Crippen LogP contribution in [-0.4, -0.2) is 52.9 Å². The van der Waals surface area contributed by atoms with Gasteiger partial charge in [-0.2, -0.15) is 0 Å². The number of carbonyl (C=O) groups excluding carboxylic acids is 1. The van der Waals surface area contributed by atoms with Crippen molar-refractivity contribution in [3.8, 4) is 11.3 Å². The average Bonchev–Trinajstić information content (AvgIpc) is 2.87. The molecule has 130 valence electrons. The molecule has 1 aliphatic heterocycles. The van der Waals surface area contributed by atoms with Crippen molar-refractivity contribution in [2.75, 3.05) is 26.2 Å². The highest BCUT2D eigenvalue weighted by atomic mass is 16.2. The molecule has 0 atom stereocenters. The van der Waals surface area contributed by atoms with Gasteiger partial charge in [0.05, 0.1) is 5.69 Å². The molecule has 1 aromatic heterocycles. The van der Waals surface area contributed by atoms with E-state index >= 15 is 0 Å². The fourth-order valence-corrected chi connectivity index (χ4v) is 3.76. The lowest BCUT2D eigenvalue weighted by molar-refractivity contribution is 0.0749. The first-order valence-electron chi connectivity index (χ1n) is 9.36. The standard InChI is InChI=1S/C21H25N3O/c25-21(24-14-4-13-23(15-16-24)19-5-3-6-19)18-10-8-17(9-11-18)20-7-1-2-12-22-20/h1-2,7-12,19H,3-6,13-16H2. The van der Waals surface area contributed by atoms with Gasteiger partial charge in [-0.3, -0.25) is 14.7 Å². The SMILES string of the molecule is O=C(c1ccc(-c2ccccn2)cc1)N1CCCN(C2CCC2)CC1. The van der Waals surface area contributed by atoms with Gasteiger partial charge in [-0.1, -0.05) is 24.6 Å². The van der Waals surface area contributed by atoms with Gasteiger partial charge in [-0.05, 0) is 43.5 Å². The lowest BCUT2D eigenvalue weighted by atomic mass is 9.91. The van der Waals surface area contributed by atoms with Crippen LogP contribution in [0.1, 0.15) is 36.0 Å². The lowest BCUT2D eigenvalue weighted by Gasteiger charge is -2.36. The van der Waals surface area contributed by atoms with Crippen LogP contribution in [0.4, 0.5) is 0 Å². The zero-order valence-electron chi connectivity index (χ0n) is 14.6. The third-order valence-electron chi connectivity index (χ3n) is 5.50. The van der Waals surface area contributed by atoms with Crippen LogP contribution in [0, 0.1) is 0 Å². The Morgan fingerprint density at radius 3 is 2.44 bits per heavy atom. The minimum absolute atomic E-state index is 0.156. The van der Waals surface area contributed by atoms with Gasteiger partial charge < -0.3 is 4.90 Å². The fourth-order valence-electron chi connectivity index (χ4n) is 3.76. The summed E-state index contributed by atoms with van der Waals surface area (Å²) in [5.74, 6) is 0.156. The lowest BCUT2D eigenvalue weighted by Crippen LogP contribution is -2.42. The average molecular weight is 335 g/mol. The number of carbonyl (C=O) groups is 1. The van der Waals surface area contributed by atoms with E-state index in [2.05, 4.69) is 9.88 Å². The second-order valence-corrected chi connectivity index (χ2v) is 7.06. The molecular formula is C21H25N3O. The second kappa shape index (κ2) is 7.36. The third-order valence-corrected chi connectivity index (χ3v) is 5.50. The Hall–Kier alpha value is -2.20. The number of pyridine rings is 1. The highest BCUT2D eigenvalue weighted by Gasteiger charge is 2.27. The molecule has 2 aliphatic rings. The van der Waals surface area contributed by atoms with Gasteiger partial charge in [-0.15, -0.1) is 0 Å². The minimum Gasteiger partial charge on any atom is -0.337 e. The highest BCUT2D eigenvalue weighted by Crippen LogP contribution is 2.26. The van der Waals surface area contributed by atoms with E-state index in [-0.39, 0.29) is 5.91 Å². The molecule has 1 aliphatic carbocycles. The molecule has 4 rings (SSSR count). The minimum atomic E-state index is 0.156. The van der Waals surface area contributed by atoms with E-state index in [1.807, 2.05) is 47.4 Å². The zero-order valence-corrected chi connectivity index (χ0v) is 14.6. The van der Waals surface area contributed by atoms with Gasteiger partial charge in [0.1, 0.15) is 0 Å². The molecule has 4 nitrogen and oxygen atoms in total. The molecule has 1 saturated heterocycles. The van der Waals surface area contributed by atoms with Gasteiger partial charge in [0, 0.05) is 49.5 Å². The van der Waals surface area contributed by atoms with E-state index in [1.54, 1.807) is 6.20 Å². The first-order chi connectivity index (χ1) is 12.3. The van der Waals surface area contributed by atoms with Crippen LogP contribution in [0.15, 0.2) is 48.7 Å². The number of aromatic nitrogens is 1. The van der Waals surface area contributed by atoms with Gasteiger partial charge in [0.15, 0.2) is 0 Å². The Balaban J connectivity index is 1.42. The van der Waals surface area contributed by atoms with Crippen molar-refractivity contribution < 1.29 is 4.79 Å². The van der Waals surface area contributed by atoms with Crippen molar-refractivity contribution in [3.05, 3.63) is 54.2 Å². The van der Waals surface area contributed by atoms with E-state index in [0.717, 1.165) is 55.5 Å². The molecule has 0 spiro atoms. The van der Waals surface area contributed by atoms with Crippen LogP contribution < -0.4 is 0 Å². The Labute approximate surface area is 149 Å². The van der Waals surface area contributed by atoms with Gasteiger partial charge in [-0.25, -0.2) is 0 Å². The Kier molecular flexibility index (Phi) is 4.79. The van der Waals surface area contributed by atoms with Crippen molar-refractivity contribution in [2.24, 2.45) is 0 Å². The predicted octanol–water partition coefficient (Wildman–Crippen LogP) is 3.45. The van der Waals surface area contributed by atoms with Crippen LogP contribution in [0.25, 0.3) is 11.3 Å². The number of rotatable bonds is 3. The van der Waals surface area contributed by atoms with Crippen LogP contribution in [-0.2, 0) is 0 Å². The van der Waals surface area contributed by atoms with Crippen LogP contribution >= 0.6 is 0 Å². The van der Waals surface area contributed by atoms with Crippen molar-refractivity contribution in [2.45, 2.75) is 31.7 Å². The monoisotopic (exact) mass is 335 g/mol. The molecular weight excluding hydrogens is 310 g/mol. The molecule has 1 aromatic carbocycles. The molecule has 0 bridgehead atoms. The molecule has 2 fully saturated rings. The first-order valence-corrected chi connectivity index (χ1v) is 9.36. The summed E-state index contributed by atoms with van der Waals surface area (Å²) in [6.07, 6.45) is 6.91. The summed E-state index contributed by atoms with van der Waals surface area (Å²) in [6, 6.07) is 14.5.